The molecule has 1 amide bonds. The number of allylic oxidation sites excluding steroid dienone is 6. The second-order valence-electron chi connectivity index (χ2n) is 16.4. The Bertz CT molecular complexity index is 915. The zero-order valence-electron chi connectivity index (χ0n) is 37.1. The Morgan fingerprint density at radius 2 is 0.911 bits per heavy atom. The van der Waals surface area contributed by atoms with Crippen LogP contribution >= 0.6 is 0 Å². The lowest BCUT2D eigenvalue weighted by Crippen LogP contribution is -2.45. The van der Waals surface area contributed by atoms with Gasteiger partial charge in [0.05, 0.1) is 25.4 Å². The Morgan fingerprint density at radius 1 is 0.500 bits per heavy atom. The number of carbonyl (C=O) groups is 2. The summed E-state index contributed by atoms with van der Waals surface area (Å²) in [6.07, 6.45) is 54.0. The molecule has 2 unspecified atom stereocenters. The van der Waals surface area contributed by atoms with Crippen molar-refractivity contribution in [1.82, 2.24) is 5.32 Å². The first-order valence-corrected chi connectivity index (χ1v) is 24.2. The molecular weight excluding hydrogens is 695 g/mol. The number of hydrogen-bond donors (Lipinski definition) is 3. The molecule has 0 bridgehead atoms. The maximum atomic E-state index is 12.4. The maximum absolute atomic E-state index is 12.4. The van der Waals surface area contributed by atoms with Gasteiger partial charge in [0, 0.05) is 12.8 Å². The van der Waals surface area contributed by atoms with Crippen molar-refractivity contribution in [3.8, 4) is 0 Å². The summed E-state index contributed by atoms with van der Waals surface area (Å²) in [5.74, 6) is -0.144. The highest BCUT2D eigenvalue weighted by Gasteiger charge is 2.19. The molecule has 328 valence electrons. The molecule has 0 radical (unpaired) electrons. The molecule has 3 N–H and O–H groups in total. The Kier molecular flexibility index (Phi) is 44.2. The number of carbonyl (C=O) groups excluding carboxylic acids is 2. The highest BCUT2D eigenvalue weighted by molar-refractivity contribution is 5.76. The number of rotatable bonds is 44. The van der Waals surface area contributed by atoms with Crippen molar-refractivity contribution in [3.05, 3.63) is 36.5 Å². The van der Waals surface area contributed by atoms with Gasteiger partial charge in [-0.1, -0.05) is 198 Å². The summed E-state index contributed by atoms with van der Waals surface area (Å²) in [5.41, 5.74) is 0. The molecule has 0 heterocycles. The molecule has 0 spiro atoms. The highest BCUT2D eigenvalue weighted by atomic mass is 16.5. The van der Waals surface area contributed by atoms with Crippen LogP contribution in [0.3, 0.4) is 0 Å². The van der Waals surface area contributed by atoms with E-state index >= 15 is 0 Å². The number of aliphatic hydroxyl groups is 2. The lowest BCUT2D eigenvalue weighted by Gasteiger charge is -2.22. The van der Waals surface area contributed by atoms with E-state index < -0.39 is 12.1 Å². The summed E-state index contributed by atoms with van der Waals surface area (Å²) in [4.78, 5) is 24.4. The molecule has 2 atom stereocenters. The standard InChI is InChI=1S/C50H93NO5/c1-3-5-7-9-11-13-15-17-20-24-28-32-36-40-44-50(55)56-45-41-37-33-29-25-21-18-19-23-27-31-35-39-43-49(54)51-47(46-52)48(53)42-38-34-30-26-22-16-14-12-10-8-6-4-2/h15,17,19,23,31,35,47-48,52-53H,3-14,16,18,20-22,24-30,32-34,36-46H2,1-2H3,(H,51,54)/b17-15-,23-19-,35-31-. The number of amides is 1. The van der Waals surface area contributed by atoms with Crippen LogP contribution in [0.1, 0.15) is 245 Å². The van der Waals surface area contributed by atoms with E-state index in [4.69, 9.17) is 4.74 Å². The minimum atomic E-state index is -0.698. The molecule has 0 aliphatic rings. The molecule has 0 rings (SSSR count). The monoisotopic (exact) mass is 788 g/mol. The van der Waals surface area contributed by atoms with Crippen LogP contribution in [-0.2, 0) is 14.3 Å². The Labute approximate surface area is 347 Å². The van der Waals surface area contributed by atoms with Crippen LogP contribution in [0.15, 0.2) is 36.5 Å². The molecule has 56 heavy (non-hydrogen) atoms. The van der Waals surface area contributed by atoms with Gasteiger partial charge in [0.15, 0.2) is 0 Å². The van der Waals surface area contributed by atoms with Gasteiger partial charge in [-0.15, -0.1) is 0 Å². The molecule has 0 saturated carbocycles. The van der Waals surface area contributed by atoms with Crippen molar-refractivity contribution >= 4 is 11.9 Å². The van der Waals surface area contributed by atoms with Gasteiger partial charge in [0.25, 0.3) is 0 Å². The Balaban J connectivity index is 3.56. The molecular formula is C50H93NO5. The first-order chi connectivity index (χ1) is 27.5. The molecule has 0 aromatic carbocycles. The molecule has 0 fully saturated rings. The van der Waals surface area contributed by atoms with Crippen LogP contribution in [0.25, 0.3) is 0 Å². The van der Waals surface area contributed by atoms with E-state index in [1.807, 2.05) is 6.08 Å². The summed E-state index contributed by atoms with van der Waals surface area (Å²) < 4.78 is 5.44. The maximum Gasteiger partial charge on any atom is 0.305 e. The van der Waals surface area contributed by atoms with Gasteiger partial charge in [-0.3, -0.25) is 9.59 Å². The van der Waals surface area contributed by atoms with Crippen LogP contribution in [0, 0.1) is 0 Å². The van der Waals surface area contributed by atoms with Gasteiger partial charge >= 0.3 is 5.97 Å². The zero-order chi connectivity index (χ0) is 40.8. The largest absolute Gasteiger partial charge is 0.466 e. The van der Waals surface area contributed by atoms with Crippen LogP contribution in [-0.4, -0.2) is 47.4 Å². The highest BCUT2D eigenvalue weighted by Crippen LogP contribution is 2.15. The number of esters is 1. The van der Waals surface area contributed by atoms with Gasteiger partial charge in [0.2, 0.25) is 5.91 Å². The lowest BCUT2D eigenvalue weighted by atomic mass is 10.0. The average molecular weight is 788 g/mol. The predicted octanol–water partition coefficient (Wildman–Crippen LogP) is 14.1. The van der Waals surface area contributed by atoms with Crippen LogP contribution in [0.5, 0.6) is 0 Å². The summed E-state index contributed by atoms with van der Waals surface area (Å²) in [6.45, 7) is 4.86. The topological polar surface area (TPSA) is 95.9 Å². The third-order valence-corrected chi connectivity index (χ3v) is 10.9. The smallest absolute Gasteiger partial charge is 0.305 e. The van der Waals surface area contributed by atoms with E-state index in [-0.39, 0.29) is 18.5 Å². The quantitative estimate of drug-likeness (QED) is 0.0325. The third kappa shape index (κ3) is 41.7. The number of nitrogens with one attached hydrogen (secondary N) is 1. The fraction of sp³-hybridized carbons (Fsp3) is 0.840. The van der Waals surface area contributed by atoms with Crippen molar-refractivity contribution in [3.63, 3.8) is 0 Å². The predicted molar refractivity (Wildman–Crippen MR) is 241 cm³/mol. The Morgan fingerprint density at radius 3 is 1.41 bits per heavy atom. The van der Waals surface area contributed by atoms with Crippen molar-refractivity contribution in [2.24, 2.45) is 0 Å². The van der Waals surface area contributed by atoms with Gasteiger partial charge in [-0.05, 0) is 70.6 Å². The fourth-order valence-corrected chi connectivity index (χ4v) is 7.15. The minimum absolute atomic E-state index is 0.0264. The lowest BCUT2D eigenvalue weighted by molar-refractivity contribution is -0.143. The molecule has 6 nitrogen and oxygen atoms in total. The number of aliphatic hydroxyl groups excluding tert-OH is 2. The van der Waals surface area contributed by atoms with Gasteiger partial charge in [-0.25, -0.2) is 0 Å². The van der Waals surface area contributed by atoms with Crippen molar-refractivity contribution in [2.75, 3.05) is 13.2 Å². The zero-order valence-corrected chi connectivity index (χ0v) is 37.1. The molecule has 6 heteroatoms. The minimum Gasteiger partial charge on any atom is -0.466 e. The Hall–Kier alpha value is -1.92. The van der Waals surface area contributed by atoms with Gasteiger partial charge in [0.1, 0.15) is 0 Å². The van der Waals surface area contributed by atoms with Crippen LogP contribution in [0.2, 0.25) is 0 Å². The molecule has 0 saturated heterocycles. The normalized spacial score (nSPS) is 13.0. The van der Waals surface area contributed by atoms with E-state index in [1.54, 1.807) is 0 Å². The summed E-state index contributed by atoms with van der Waals surface area (Å²) in [7, 11) is 0. The van der Waals surface area contributed by atoms with Gasteiger partial charge < -0.3 is 20.3 Å². The van der Waals surface area contributed by atoms with Crippen LogP contribution < -0.4 is 5.32 Å². The SMILES string of the molecule is CCCCCCC/C=C\CCCCCCCC(=O)OCCCCCCCC/C=C\C/C=C\CCC(=O)NC(CO)C(O)CCCCCCCCCCCCCC. The van der Waals surface area contributed by atoms with E-state index in [9.17, 15) is 19.8 Å². The van der Waals surface area contributed by atoms with E-state index in [0.29, 0.717) is 32.3 Å². The molecule has 0 aromatic rings. The van der Waals surface area contributed by atoms with Gasteiger partial charge in [-0.2, -0.15) is 0 Å². The second-order valence-corrected chi connectivity index (χ2v) is 16.4. The third-order valence-electron chi connectivity index (χ3n) is 10.9. The second kappa shape index (κ2) is 45.8. The summed E-state index contributed by atoms with van der Waals surface area (Å²) in [5, 5.41) is 23.1. The molecule has 0 aliphatic heterocycles. The first kappa shape index (κ1) is 54.1. The van der Waals surface area contributed by atoms with E-state index in [0.717, 1.165) is 51.4 Å². The first-order valence-electron chi connectivity index (χ1n) is 24.2. The van der Waals surface area contributed by atoms with E-state index in [2.05, 4.69) is 49.5 Å². The number of hydrogen-bond acceptors (Lipinski definition) is 5. The van der Waals surface area contributed by atoms with Crippen LogP contribution in [0.4, 0.5) is 0 Å². The molecule has 0 aromatic heterocycles. The van der Waals surface area contributed by atoms with Crippen molar-refractivity contribution in [2.45, 2.75) is 257 Å². The fourth-order valence-electron chi connectivity index (χ4n) is 7.15. The summed E-state index contributed by atoms with van der Waals surface area (Å²) in [6, 6.07) is -0.584. The van der Waals surface area contributed by atoms with Crippen molar-refractivity contribution in [1.29, 1.82) is 0 Å². The average Bonchev–Trinajstić information content (AvgIpc) is 3.20. The molecule has 0 aliphatic carbocycles. The van der Waals surface area contributed by atoms with E-state index in [1.165, 1.54) is 154 Å². The van der Waals surface area contributed by atoms with Crippen molar-refractivity contribution < 1.29 is 24.5 Å². The number of ether oxygens (including phenoxy) is 1. The number of unbranched alkanes of at least 4 members (excludes halogenated alkanes) is 27. The summed E-state index contributed by atoms with van der Waals surface area (Å²) >= 11 is 0.